The summed E-state index contributed by atoms with van der Waals surface area (Å²) in [6.45, 7) is 3.16. The number of nitro groups is 3. The van der Waals surface area contributed by atoms with Crippen LogP contribution in [-0.4, -0.2) is 24.6 Å². The van der Waals surface area contributed by atoms with Crippen LogP contribution >= 0.6 is 15.9 Å². The van der Waals surface area contributed by atoms with Gasteiger partial charge < -0.3 is 0 Å². The van der Waals surface area contributed by atoms with E-state index in [1.165, 1.54) is 0 Å². The minimum absolute atomic E-state index is 0.391. The quantitative estimate of drug-likeness (QED) is 0.579. The van der Waals surface area contributed by atoms with Crippen molar-refractivity contribution in [2.75, 3.05) is 0 Å². The molecule has 23 heavy (non-hydrogen) atoms. The second-order valence-electron chi connectivity index (χ2n) is 4.50. The lowest BCUT2D eigenvalue weighted by Gasteiger charge is -2.06. The Morgan fingerprint density at radius 1 is 1.00 bits per heavy atom. The van der Waals surface area contributed by atoms with Crippen molar-refractivity contribution in [3.8, 4) is 5.69 Å². The second-order valence-corrected chi connectivity index (χ2v) is 5.29. The highest BCUT2D eigenvalue weighted by atomic mass is 79.9. The standard InChI is InChI=1S/C11H8BrN5O6/c1-5-10(12)6(2)14(13-5)11-8(16(20)21)3-7(15(18)19)4-9(11)17(22)23/h3-4H,1-2H3. The topological polar surface area (TPSA) is 147 Å². The minimum atomic E-state index is -0.930. The molecule has 0 amide bonds. The van der Waals surface area contributed by atoms with E-state index in [4.69, 9.17) is 0 Å². The van der Waals surface area contributed by atoms with Crippen LogP contribution in [0.3, 0.4) is 0 Å². The van der Waals surface area contributed by atoms with Crippen LogP contribution in [0.1, 0.15) is 11.4 Å². The summed E-state index contributed by atoms with van der Waals surface area (Å²) in [5, 5.41) is 37.4. The van der Waals surface area contributed by atoms with Gasteiger partial charge in [-0.1, -0.05) is 0 Å². The zero-order chi connectivity index (χ0) is 17.5. The molecule has 0 bridgehead atoms. The van der Waals surface area contributed by atoms with Crippen LogP contribution in [0.25, 0.3) is 5.69 Å². The smallest absolute Gasteiger partial charge is 0.258 e. The van der Waals surface area contributed by atoms with Gasteiger partial charge >= 0.3 is 11.4 Å². The van der Waals surface area contributed by atoms with Gasteiger partial charge in [-0.25, -0.2) is 4.68 Å². The van der Waals surface area contributed by atoms with Crippen molar-refractivity contribution in [2.24, 2.45) is 0 Å². The molecule has 0 aliphatic heterocycles. The van der Waals surface area contributed by atoms with Gasteiger partial charge in [0.25, 0.3) is 5.69 Å². The van der Waals surface area contributed by atoms with E-state index in [-0.39, 0.29) is 0 Å². The Morgan fingerprint density at radius 2 is 1.48 bits per heavy atom. The SMILES string of the molecule is Cc1nn(-c2c([N+](=O)[O-])cc([N+](=O)[O-])cc2[N+](=O)[O-])c(C)c1Br. The van der Waals surface area contributed by atoms with E-state index in [2.05, 4.69) is 21.0 Å². The van der Waals surface area contributed by atoms with E-state index in [9.17, 15) is 30.3 Å². The molecule has 0 saturated heterocycles. The van der Waals surface area contributed by atoms with Gasteiger partial charge in [-0.2, -0.15) is 5.10 Å². The Bertz CT molecular complexity index is 826. The van der Waals surface area contributed by atoms with Crippen molar-refractivity contribution >= 4 is 33.0 Å². The van der Waals surface area contributed by atoms with Crippen molar-refractivity contribution in [3.05, 3.63) is 58.3 Å². The second kappa shape index (κ2) is 5.72. The summed E-state index contributed by atoms with van der Waals surface area (Å²) in [5.41, 5.74) is -1.87. The number of nitrogens with zero attached hydrogens (tertiary/aromatic N) is 5. The number of hydrogen-bond donors (Lipinski definition) is 0. The van der Waals surface area contributed by atoms with E-state index in [1.807, 2.05) is 0 Å². The van der Waals surface area contributed by atoms with Gasteiger partial charge in [0.2, 0.25) is 5.69 Å². The molecule has 11 nitrogen and oxygen atoms in total. The molecule has 1 aromatic heterocycles. The minimum Gasteiger partial charge on any atom is -0.258 e. The van der Waals surface area contributed by atoms with Crippen molar-refractivity contribution in [3.63, 3.8) is 0 Å². The zero-order valence-electron chi connectivity index (χ0n) is 11.7. The summed E-state index contributed by atoms with van der Waals surface area (Å²) in [6.07, 6.45) is 0. The Kier molecular flexibility index (Phi) is 4.10. The fourth-order valence-electron chi connectivity index (χ4n) is 2.03. The fraction of sp³-hybridized carbons (Fsp3) is 0.182. The Labute approximate surface area is 136 Å². The molecule has 2 aromatic rings. The van der Waals surface area contributed by atoms with E-state index in [1.54, 1.807) is 13.8 Å². The maximum Gasteiger partial charge on any atom is 0.308 e. The number of rotatable bonds is 4. The molecule has 0 aliphatic rings. The maximum absolute atomic E-state index is 11.3. The van der Waals surface area contributed by atoms with Crippen LogP contribution in [0.4, 0.5) is 17.1 Å². The first-order valence-electron chi connectivity index (χ1n) is 5.98. The number of aromatic nitrogens is 2. The van der Waals surface area contributed by atoms with Gasteiger partial charge in [-0.05, 0) is 29.8 Å². The molecule has 0 N–H and O–H groups in total. The van der Waals surface area contributed by atoms with Gasteiger partial charge in [0.15, 0.2) is 0 Å². The van der Waals surface area contributed by atoms with E-state index in [0.717, 1.165) is 4.68 Å². The molecule has 1 heterocycles. The summed E-state index contributed by atoms with van der Waals surface area (Å²) >= 11 is 3.23. The molecule has 0 spiro atoms. The lowest BCUT2D eigenvalue weighted by Crippen LogP contribution is -2.08. The summed E-state index contributed by atoms with van der Waals surface area (Å²) in [7, 11) is 0. The summed E-state index contributed by atoms with van der Waals surface area (Å²) < 4.78 is 1.55. The van der Waals surface area contributed by atoms with E-state index in [0.29, 0.717) is 28.0 Å². The third-order valence-electron chi connectivity index (χ3n) is 3.07. The van der Waals surface area contributed by atoms with Crippen molar-refractivity contribution in [1.29, 1.82) is 0 Å². The van der Waals surface area contributed by atoms with Gasteiger partial charge in [-0.15, -0.1) is 0 Å². The first kappa shape index (κ1) is 16.5. The van der Waals surface area contributed by atoms with Gasteiger partial charge in [0.1, 0.15) is 0 Å². The average molecular weight is 386 g/mol. The predicted molar refractivity (Wildman–Crippen MR) is 80.7 cm³/mol. The van der Waals surface area contributed by atoms with Gasteiger partial charge in [0, 0.05) is 0 Å². The van der Waals surface area contributed by atoms with Gasteiger partial charge in [-0.3, -0.25) is 30.3 Å². The molecule has 0 unspecified atom stereocenters. The molecule has 0 fully saturated rings. The molecule has 120 valence electrons. The number of non-ortho nitro benzene ring substituents is 1. The molecule has 2 rings (SSSR count). The van der Waals surface area contributed by atoms with Gasteiger partial charge in [0.05, 0.1) is 42.8 Å². The van der Waals surface area contributed by atoms with Crippen molar-refractivity contribution in [2.45, 2.75) is 13.8 Å². The normalized spacial score (nSPS) is 10.6. The van der Waals surface area contributed by atoms with Crippen LogP contribution in [0.2, 0.25) is 0 Å². The summed E-state index contributed by atoms with van der Waals surface area (Å²) in [5.74, 6) is 0. The highest BCUT2D eigenvalue weighted by Crippen LogP contribution is 2.38. The molecule has 0 atom stereocenters. The fourth-order valence-corrected chi connectivity index (χ4v) is 2.28. The molecule has 1 aromatic carbocycles. The molecule has 12 heteroatoms. The third-order valence-corrected chi connectivity index (χ3v) is 4.22. The molecular weight excluding hydrogens is 378 g/mol. The van der Waals surface area contributed by atoms with Crippen LogP contribution < -0.4 is 0 Å². The number of halogens is 1. The molecule has 0 saturated carbocycles. The number of aryl methyl sites for hydroxylation is 1. The number of hydrogen-bond acceptors (Lipinski definition) is 7. The van der Waals surface area contributed by atoms with Crippen LogP contribution in [0.5, 0.6) is 0 Å². The lowest BCUT2D eigenvalue weighted by molar-refractivity contribution is -0.402. The third kappa shape index (κ3) is 2.75. The number of nitro benzene ring substituents is 3. The first-order chi connectivity index (χ1) is 10.6. The lowest BCUT2D eigenvalue weighted by atomic mass is 10.2. The molecule has 0 radical (unpaired) electrons. The molecule has 0 aliphatic carbocycles. The largest absolute Gasteiger partial charge is 0.308 e. The van der Waals surface area contributed by atoms with Crippen LogP contribution in [0, 0.1) is 44.2 Å². The van der Waals surface area contributed by atoms with Crippen molar-refractivity contribution < 1.29 is 14.8 Å². The predicted octanol–water partition coefficient (Wildman–Crippen LogP) is 2.98. The summed E-state index contributed by atoms with van der Waals surface area (Å²) in [6, 6.07) is 1.35. The van der Waals surface area contributed by atoms with Crippen molar-refractivity contribution in [1.82, 2.24) is 9.78 Å². The zero-order valence-corrected chi connectivity index (χ0v) is 13.3. The summed E-state index contributed by atoms with van der Waals surface area (Å²) in [4.78, 5) is 30.6. The number of benzene rings is 1. The molecular formula is C11H8BrN5O6. The Hall–Kier alpha value is -2.89. The maximum atomic E-state index is 11.3. The monoisotopic (exact) mass is 385 g/mol. The highest BCUT2D eigenvalue weighted by Gasteiger charge is 2.33. The average Bonchev–Trinajstić information content (AvgIpc) is 2.73. The van der Waals surface area contributed by atoms with Crippen LogP contribution in [-0.2, 0) is 0 Å². The highest BCUT2D eigenvalue weighted by molar-refractivity contribution is 9.10. The first-order valence-corrected chi connectivity index (χ1v) is 6.77. The Morgan fingerprint density at radius 3 is 1.78 bits per heavy atom. The van der Waals surface area contributed by atoms with E-state index < -0.39 is 37.5 Å². The Balaban J connectivity index is 2.95. The van der Waals surface area contributed by atoms with E-state index >= 15 is 0 Å². The van der Waals surface area contributed by atoms with Crippen LogP contribution in [0.15, 0.2) is 16.6 Å².